The van der Waals surface area contributed by atoms with Gasteiger partial charge in [-0.25, -0.2) is 8.42 Å². The van der Waals surface area contributed by atoms with Crippen molar-refractivity contribution in [1.29, 1.82) is 0 Å². The van der Waals surface area contributed by atoms with E-state index in [9.17, 15) is 13.2 Å². The van der Waals surface area contributed by atoms with Gasteiger partial charge in [0.05, 0.1) is 4.90 Å². The molecule has 4 aliphatic rings. The van der Waals surface area contributed by atoms with Gasteiger partial charge in [0.2, 0.25) is 0 Å². The summed E-state index contributed by atoms with van der Waals surface area (Å²) in [5.41, 5.74) is 6.66. The lowest BCUT2D eigenvalue weighted by Crippen LogP contribution is -2.52. The number of rotatable bonds is 6. The van der Waals surface area contributed by atoms with Crippen molar-refractivity contribution in [3.05, 3.63) is 65.7 Å². The molecule has 2 atom stereocenters. The Labute approximate surface area is 239 Å². The molecule has 0 spiro atoms. The Balaban J connectivity index is 1.11. The lowest BCUT2D eigenvalue weighted by molar-refractivity contribution is 0.0994. The van der Waals surface area contributed by atoms with Gasteiger partial charge in [-0.2, -0.15) is 4.98 Å². The number of hydrogen-bond donors (Lipinski definition) is 1. The van der Waals surface area contributed by atoms with Crippen LogP contribution in [-0.4, -0.2) is 61.6 Å². The highest BCUT2D eigenvalue weighted by atomic mass is 32.2. The van der Waals surface area contributed by atoms with Crippen molar-refractivity contribution in [2.45, 2.75) is 61.5 Å². The summed E-state index contributed by atoms with van der Waals surface area (Å²) in [4.78, 5) is 22.1. The van der Waals surface area contributed by atoms with Gasteiger partial charge in [0.25, 0.3) is 6.01 Å². The van der Waals surface area contributed by atoms with E-state index in [1.54, 1.807) is 12.1 Å². The van der Waals surface area contributed by atoms with E-state index in [0.717, 1.165) is 59.9 Å². The quantitative estimate of drug-likeness (QED) is 0.322. The van der Waals surface area contributed by atoms with E-state index < -0.39 is 9.84 Å². The fourth-order valence-corrected chi connectivity index (χ4v) is 7.87. The van der Waals surface area contributed by atoms with Gasteiger partial charge in [-0.3, -0.25) is 9.69 Å². The first-order valence-electron chi connectivity index (χ1n) is 14.5. The molecule has 1 N–H and O–H groups in total. The molecule has 4 aromatic rings. The Hall–Kier alpha value is -3.69. The van der Waals surface area contributed by atoms with Crippen molar-refractivity contribution in [1.82, 2.24) is 9.88 Å². The monoisotopic (exact) mass is 568 g/mol. The maximum absolute atomic E-state index is 12.7. The molecule has 0 unspecified atom stereocenters. The summed E-state index contributed by atoms with van der Waals surface area (Å²) < 4.78 is 31.6. The molecule has 3 aromatic carbocycles. The Kier molecular flexibility index (Phi) is 5.60. The first-order chi connectivity index (χ1) is 19.8. The van der Waals surface area contributed by atoms with Crippen molar-refractivity contribution in [2.75, 3.05) is 29.6 Å². The molecule has 41 heavy (non-hydrogen) atoms. The molecule has 2 saturated heterocycles. The highest BCUT2D eigenvalue weighted by Gasteiger charge is 2.46. The minimum Gasteiger partial charge on any atom is -0.423 e. The van der Waals surface area contributed by atoms with Gasteiger partial charge in [0, 0.05) is 66.4 Å². The Morgan fingerprint density at radius 2 is 1.83 bits per heavy atom. The maximum atomic E-state index is 12.7. The van der Waals surface area contributed by atoms with Gasteiger partial charge in [-0.05, 0) is 61.1 Å². The minimum absolute atomic E-state index is 0.198. The summed E-state index contributed by atoms with van der Waals surface area (Å²) in [5, 5.41) is 3.26. The average Bonchev–Trinajstić information content (AvgIpc) is 3.70. The largest absolute Gasteiger partial charge is 0.423 e. The number of nitrogens with one attached hydrogen (secondary N) is 1. The van der Waals surface area contributed by atoms with E-state index in [4.69, 9.17) is 4.42 Å². The van der Waals surface area contributed by atoms with Crippen molar-refractivity contribution in [3.63, 3.8) is 0 Å². The molecule has 8 rings (SSSR count). The van der Waals surface area contributed by atoms with Crippen LogP contribution >= 0.6 is 0 Å². The Bertz CT molecular complexity index is 1830. The molecular weight excluding hydrogens is 536 g/mol. The molecule has 3 fully saturated rings. The number of sulfone groups is 1. The van der Waals surface area contributed by atoms with Crippen LogP contribution < -0.4 is 10.2 Å². The van der Waals surface area contributed by atoms with Crippen LogP contribution in [-0.2, 0) is 16.3 Å². The van der Waals surface area contributed by atoms with Gasteiger partial charge in [0.15, 0.2) is 21.2 Å². The van der Waals surface area contributed by atoms with E-state index in [1.807, 2.05) is 36.4 Å². The van der Waals surface area contributed by atoms with Gasteiger partial charge in [-0.15, -0.1) is 0 Å². The number of carbonyl (C=O) groups excluding carboxylic acids is 1. The van der Waals surface area contributed by atoms with E-state index in [2.05, 4.69) is 26.2 Å². The van der Waals surface area contributed by atoms with Gasteiger partial charge in [-0.1, -0.05) is 36.8 Å². The summed E-state index contributed by atoms with van der Waals surface area (Å²) in [6.07, 6.45) is 7.65. The molecule has 8 nitrogen and oxygen atoms in total. The first-order valence-corrected chi connectivity index (χ1v) is 16.4. The number of likely N-dealkylation sites (tertiary alicyclic amines) is 1. The number of Topliss-reactive ketones (excluding diaryl/α,β-unsaturated/α-hetero) is 1. The number of aryl methyl sites for hydroxylation is 1. The smallest absolute Gasteiger partial charge is 0.300 e. The van der Waals surface area contributed by atoms with Crippen molar-refractivity contribution in [3.8, 4) is 11.1 Å². The van der Waals surface area contributed by atoms with E-state index in [1.165, 1.54) is 25.5 Å². The second kappa shape index (κ2) is 9.16. The van der Waals surface area contributed by atoms with Crippen LogP contribution in [0.2, 0.25) is 0 Å². The van der Waals surface area contributed by atoms with Crippen LogP contribution in [0, 0.1) is 0 Å². The zero-order chi connectivity index (χ0) is 27.9. The Morgan fingerprint density at radius 3 is 2.59 bits per heavy atom. The van der Waals surface area contributed by atoms with Gasteiger partial charge < -0.3 is 14.6 Å². The minimum atomic E-state index is -3.43. The van der Waals surface area contributed by atoms with E-state index in [0.29, 0.717) is 41.3 Å². The van der Waals surface area contributed by atoms with Crippen LogP contribution in [0.25, 0.3) is 22.2 Å². The third kappa shape index (κ3) is 4.25. The lowest BCUT2D eigenvalue weighted by Gasteiger charge is -2.43. The molecule has 3 heterocycles. The SMILES string of the molecule is CS(=O)(=O)c1cc(Nc2nc3cccc(-c4ccc5c(c4)CCC5=O)c3o2)cc(N2C[C@@H]3C[C@H]2CN3C2CCC2)c1. The fourth-order valence-electron chi connectivity index (χ4n) is 7.19. The van der Waals surface area contributed by atoms with E-state index >= 15 is 0 Å². The average molecular weight is 569 g/mol. The number of fused-ring (bicyclic) bond motifs is 4. The molecule has 0 amide bonds. The summed E-state index contributed by atoms with van der Waals surface area (Å²) in [5.74, 6) is 0.198. The highest BCUT2D eigenvalue weighted by Crippen LogP contribution is 2.41. The summed E-state index contributed by atoms with van der Waals surface area (Å²) in [6.45, 7) is 1.97. The molecule has 1 saturated carbocycles. The van der Waals surface area contributed by atoms with Crippen molar-refractivity contribution >= 4 is 44.1 Å². The van der Waals surface area contributed by atoms with Gasteiger partial charge >= 0.3 is 0 Å². The number of hydrogen-bond acceptors (Lipinski definition) is 8. The number of oxazole rings is 1. The zero-order valence-electron chi connectivity index (χ0n) is 23.0. The second-order valence-electron chi connectivity index (χ2n) is 12.1. The number of benzene rings is 3. The predicted octanol–water partition coefficient (Wildman–Crippen LogP) is 5.59. The number of nitrogens with zero attached hydrogens (tertiary/aromatic N) is 3. The van der Waals surface area contributed by atoms with Crippen LogP contribution in [0.5, 0.6) is 0 Å². The highest BCUT2D eigenvalue weighted by molar-refractivity contribution is 7.90. The number of aromatic nitrogens is 1. The van der Waals surface area contributed by atoms with Crippen LogP contribution in [0.1, 0.15) is 48.0 Å². The molecule has 1 aromatic heterocycles. The Morgan fingerprint density at radius 1 is 0.951 bits per heavy atom. The number of ketones is 1. The van der Waals surface area contributed by atoms with Gasteiger partial charge in [0.1, 0.15) is 5.52 Å². The molecule has 9 heteroatoms. The topological polar surface area (TPSA) is 95.7 Å². The van der Waals surface area contributed by atoms with E-state index in [-0.39, 0.29) is 10.7 Å². The van der Waals surface area contributed by atoms with Crippen LogP contribution in [0.3, 0.4) is 0 Å². The summed E-state index contributed by atoms with van der Waals surface area (Å²) in [7, 11) is -3.43. The molecular formula is C32H32N4O4S. The third-order valence-electron chi connectivity index (χ3n) is 9.48. The third-order valence-corrected chi connectivity index (χ3v) is 10.6. The fraction of sp³-hybridized carbons (Fsp3) is 0.375. The van der Waals surface area contributed by atoms with Crippen LogP contribution in [0.15, 0.2) is 63.9 Å². The molecule has 0 radical (unpaired) electrons. The first kappa shape index (κ1) is 25.1. The predicted molar refractivity (Wildman–Crippen MR) is 159 cm³/mol. The normalized spacial score (nSPS) is 22.5. The lowest BCUT2D eigenvalue weighted by atomic mass is 9.91. The van der Waals surface area contributed by atoms with Crippen molar-refractivity contribution in [2.24, 2.45) is 0 Å². The zero-order valence-corrected chi connectivity index (χ0v) is 23.8. The molecule has 2 bridgehead atoms. The molecule has 2 aliphatic heterocycles. The summed E-state index contributed by atoms with van der Waals surface area (Å²) >= 11 is 0. The summed E-state index contributed by atoms with van der Waals surface area (Å²) in [6, 6.07) is 19.2. The number of carbonyl (C=O) groups is 1. The second-order valence-corrected chi connectivity index (χ2v) is 14.1. The standard InChI is InChI=1S/C32H32N4O4S/c1-41(38,39)26-14-21(13-23(16-26)36-18-24-15-25(36)17-35(24)22-4-2-5-22)33-32-34-29-7-3-6-28(31(29)40-32)20-8-10-27-19(12-20)9-11-30(27)37/h3,6-8,10,12-14,16,22,24-25H,2,4-5,9,11,15,17-18H2,1H3,(H,33,34)/t24-,25-/m0/s1. The van der Waals surface area contributed by atoms with Crippen molar-refractivity contribution < 1.29 is 17.6 Å². The number of piperazine rings is 1. The molecule has 2 aliphatic carbocycles. The number of para-hydroxylation sites is 1. The maximum Gasteiger partial charge on any atom is 0.300 e. The molecule has 210 valence electrons. The number of anilines is 3. The van der Waals surface area contributed by atoms with Crippen LogP contribution in [0.4, 0.5) is 17.4 Å².